The zero-order valence-corrected chi connectivity index (χ0v) is 10.1. The summed E-state index contributed by atoms with van der Waals surface area (Å²) in [7, 11) is 0. The molecule has 0 fully saturated rings. The molecule has 0 amide bonds. The van der Waals surface area contributed by atoms with Crippen molar-refractivity contribution in [2.75, 3.05) is 0 Å². The van der Waals surface area contributed by atoms with Crippen LogP contribution in [-0.2, 0) is 11.3 Å². The molecule has 0 saturated heterocycles. The van der Waals surface area contributed by atoms with E-state index in [9.17, 15) is 4.79 Å². The van der Waals surface area contributed by atoms with Crippen molar-refractivity contribution < 1.29 is 18.5 Å². The Labute approximate surface area is 108 Å². The number of ether oxygens (including phenoxy) is 1. The van der Waals surface area contributed by atoms with Gasteiger partial charge in [-0.3, -0.25) is 0 Å². The van der Waals surface area contributed by atoms with Crippen molar-refractivity contribution in [2.24, 2.45) is 0 Å². The number of oxazole rings is 1. The topological polar surface area (TPSA) is 78.4 Å². The van der Waals surface area contributed by atoms with Crippen molar-refractivity contribution in [3.8, 4) is 0 Å². The summed E-state index contributed by atoms with van der Waals surface area (Å²) in [5, 5.41) is 3.61. The van der Waals surface area contributed by atoms with Gasteiger partial charge in [-0.1, -0.05) is 17.3 Å². The van der Waals surface area contributed by atoms with Crippen LogP contribution in [0.25, 0.3) is 11.1 Å². The maximum atomic E-state index is 11.6. The molecule has 96 valence electrons. The fraction of sp³-hybridized carbons (Fsp3) is 0.154. The van der Waals surface area contributed by atoms with E-state index in [0.717, 1.165) is 5.52 Å². The van der Waals surface area contributed by atoms with Crippen molar-refractivity contribution in [2.45, 2.75) is 13.5 Å². The fourth-order valence-electron chi connectivity index (χ4n) is 1.64. The molecular weight excluding hydrogens is 248 g/mol. The summed E-state index contributed by atoms with van der Waals surface area (Å²) in [6.45, 7) is 1.67. The normalized spacial score (nSPS) is 10.8. The van der Waals surface area contributed by atoms with Gasteiger partial charge < -0.3 is 13.7 Å². The first-order chi connectivity index (χ1) is 9.22. The minimum atomic E-state index is -0.595. The van der Waals surface area contributed by atoms with Gasteiger partial charge in [0.25, 0.3) is 0 Å². The first kappa shape index (κ1) is 11.5. The lowest BCUT2D eigenvalue weighted by Crippen LogP contribution is -2.04. The summed E-state index contributed by atoms with van der Waals surface area (Å²) in [5.41, 5.74) is 2.00. The zero-order chi connectivity index (χ0) is 13.2. The molecule has 1 aromatic carbocycles. The lowest BCUT2D eigenvalue weighted by molar-refractivity contribution is 0.0394. The highest BCUT2D eigenvalue weighted by Gasteiger charge is 2.15. The molecule has 2 aromatic heterocycles. The summed E-state index contributed by atoms with van der Waals surface area (Å²) in [4.78, 5) is 15.8. The Morgan fingerprint density at radius 3 is 2.95 bits per heavy atom. The molecule has 2 heterocycles. The third-order valence-electron chi connectivity index (χ3n) is 2.49. The van der Waals surface area contributed by atoms with Gasteiger partial charge in [0, 0.05) is 6.07 Å². The standard InChI is InChI=1S/C13H10N2O4/c1-8-6-11(19-15-8)13(16)17-7-12-14-9-4-2-3-5-10(9)18-12/h2-6H,7H2,1H3. The molecule has 3 aromatic rings. The largest absolute Gasteiger partial charge is 0.450 e. The molecule has 0 atom stereocenters. The highest BCUT2D eigenvalue weighted by Crippen LogP contribution is 2.15. The van der Waals surface area contributed by atoms with Crippen molar-refractivity contribution in [1.82, 2.24) is 10.1 Å². The Hall–Kier alpha value is -2.63. The molecule has 0 bridgehead atoms. The van der Waals surface area contributed by atoms with Crippen LogP contribution in [0.5, 0.6) is 0 Å². The molecule has 0 spiro atoms. The van der Waals surface area contributed by atoms with Crippen LogP contribution in [0.3, 0.4) is 0 Å². The number of hydrogen-bond donors (Lipinski definition) is 0. The Kier molecular flexibility index (Phi) is 2.75. The average molecular weight is 258 g/mol. The van der Waals surface area contributed by atoms with Gasteiger partial charge in [0.15, 0.2) is 12.2 Å². The highest BCUT2D eigenvalue weighted by molar-refractivity contribution is 5.86. The lowest BCUT2D eigenvalue weighted by atomic mass is 10.3. The van der Waals surface area contributed by atoms with Crippen LogP contribution in [-0.4, -0.2) is 16.1 Å². The van der Waals surface area contributed by atoms with Crippen LogP contribution in [0.4, 0.5) is 0 Å². The summed E-state index contributed by atoms with van der Waals surface area (Å²) in [5.74, 6) is -0.192. The summed E-state index contributed by atoms with van der Waals surface area (Å²) < 4.78 is 15.3. The van der Waals surface area contributed by atoms with Gasteiger partial charge >= 0.3 is 5.97 Å². The van der Waals surface area contributed by atoms with Crippen molar-refractivity contribution in [3.63, 3.8) is 0 Å². The number of rotatable bonds is 3. The number of carbonyl (C=O) groups is 1. The average Bonchev–Trinajstić information content (AvgIpc) is 3.01. The molecule has 3 rings (SSSR count). The Morgan fingerprint density at radius 1 is 1.37 bits per heavy atom. The Morgan fingerprint density at radius 2 is 2.21 bits per heavy atom. The van der Waals surface area contributed by atoms with Gasteiger partial charge in [-0.15, -0.1) is 0 Å². The molecule has 0 unspecified atom stereocenters. The van der Waals surface area contributed by atoms with Gasteiger partial charge in [-0.2, -0.15) is 0 Å². The van der Waals surface area contributed by atoms with E-state index < -0.39 is 5.97 Å². The highest BCUT2D eigenvalue weighted by atomic mass is 16.6. The van der Waals surface area contributed by atoms with Crippen LogP contribution in [0.2, 0.25) is 0 Å². The van der Waals surface area contributed by atoms with Crippen LogP contribution < -0.4 is 0 Å². The molecular formula is C13H10N2O4. The van der Waals surface area contributed by atoms with Gasteiger partial charge in [0.05, 0.1) is 5.69 Å². The summed E-state index contributed by atoms with van der Waals surface area (Å²) in [6.07, 6.45) is 0. The SMILES string of the molecule is Cc1cc(C(=O)OCc2nc3ccccc3o2)on1. The van der Waals surface area contributed by atoms with E-state index in [1.807, 2.05) is 18.2 Å². The van der Waals surface area contributed by atoms with Crippen molar-refractivity contribution in [1.29, 1.82) is 0 Å². The van der Waals surface area contributed by atoms with Crippen LogP contribution in [0.15, 0.2) is 39.3 Å². The Balaban J connectivity index is 1.70. The summed E-state index contributed by atoms with van der Waals surface area (Å²) >= 11 is 0. The second-order valence-corrected chi connectivity index (χ2v) is 3.98. The molecule has 0 aliphatic carbocycles. The summed E-state index contributed by atoms with van der Waals surface area (Å²) in [6, 6.07) is 8.84. The first-order valence-electron chi connectivity index (χ1n) is 5.67. The fourth-order valence-corrected chi connectivity index (χ4v) is 1.64. The van der Waals surface area contributed by atoms with E-state index in [0.29, 0.717) is 17.2 Å². The third kappa shape index (κ3) is 2.33. The molecule has 0 aliphatic rings. The van der Waals surface area contributed by atoms with E-state index in [4.69, 9.17) is 13.7 Å². The Bertz CT molecular complexity index is 696. The first-order valence-corrected chi connectivity index (χ1v) is 5.67. The molecule has 6 heteroatoms. The van der Waals surface area contributed by atoms with Crippen LogP contribution >= 0.6 is 0 Å². The second-order valence-electron chi connectivity index (χ2n) is 3.98. The number of aromatic nitrogens is 2. The van der Waals surface area contributed by atoms with Crippen LogP contribution in [0, 0.1) is 6.92 Å². The van der Waals surface area contributed by atoms with Crippen molar-refractivity contribution >= 4 is 17.1 Å². The molecule has 0 aliphatic heterocycles. The molecule has 19 heavy (non-hydrogen) atoms. The van der Waals surface area contributed by atoms with Gasteiger partial charge in [0.1, 0.15) is 5.52 Å². The lowest BCUT2D eigenvalue weighted by Gasteiger charge is -1.97. The van der Waals surface area contributed by atoms with E-state index >= 15 is 0 Å². The number of fused-ring (bicyclic) bond motifs is 1. The number of para-hydroxylation sites is 2. The predicted molar refractivity (Wildman–Crippen MR) is 64.4 cm³/mol. The van der Waals surface area contributed by atoms with Gasteiger partial charge in [0.2, 0.25) is 11.7 Å². The number of hydrogen-bond acceptors (Lipinski definition) is 6. The number of nitrogens with zero attached hydrogens (tertiary/aromatic N) is 2. The number of carbonyl (C=O) groups excluding carboxylic acids is 1. The maximum absolute atomic E-state index is 11.6. The van der Waals surface area contributed by atoms with E-state index in [-0.39, 0.29) is 12.4 Å². The van der Waals surface area contributed by atoms with E-state index in [1.165, 1.54) is 6.07 Å². The van der Waals surface area contributed by atoms with Gasteiger partial charge in [-0.25, -0.2) is 9.78 Å². The minimum absolute atomic E-state index is 0.0484. The smallest absolute Gasteiger partial charge is 0.377 e. The monoisotopic (exact) mass is 258 g/mol. The molecule has 0 radical (unpaired) electrons. The predicted octanol–water partition coefficient (Wildman–Crippen LogP) is 2.48. The van der Waals surface area contributed by atoms with Crippen molar-refractivity contribution in [3.05, 3.63) is 47.7 Å². The van der Waals surface area contributed by atoms with E-state index in [2.05, 4.69) is 10.1 Å². The molecule has 0 saturated carbocycles. The van der Waals surface area contributed by atoms with E-state index in [1.54, 1.807) is 13.0 Å². The molecule has 0 N–H and O–H groups in total. The van der Waals surface area contributed by atoms with Gasteiger partial charge in [-0.05, 0) is 19.1 Å². The number of aryl methyl sites for hydroxylation is 1. The molecule has 6 nitrogen and oxygen atoms in total. The zero-order valence-electron chi connectivity index (χ0n) is 10.1. The third-order valence-corrected chi connectivity index (χ3v) is 2.49. The minimum Gasteiger partial charge on any atom is -0.450 e. The maximum Gasteiger partial charge on any atom is 0.377 e. The second kappa shape index (κ2) is 4.56. The van der Waals surface area contributed by atoms with Crippen LogP contribution in [0.1, 0.15) is 22.1 Å². The quantitative estimate of drug-likeness (QED) is 0.671. The number of esters is 1. The number of benzene rings is 1.